The lowest BCUT2D eigenvalue weighted by atomic mass is 10.0. The Hall–Kier alpha value is -1.05. The minimum atomic E-state index is -0.250. The van der Waals surface area contributed by atoms with E-state index in [4.69, 9.17) is 9.90 Å². The predicted octanol–water partition coefficient (Wildman–Crippen LogP) is 2.23. The Morgan fingerprint density at radius 1 is 1.58 bits per heavy atom. The monoisotopic (exact) mass is 166 g/mol. The van der Waals surface area contributed by atoms with Gasteiger partial charge in [0, 0.05) is 0 Å². The van der Waals surface area contributed by atoms with Crippen molar-refractivity contribution < 1.29 is 9.90 Å². The van der Waals surface area contributed by atoms with E-state index in [0.717, 1.165) is 11.8 Å². The van der Waals surface area contributed by atoms with Crippen LogP contribution < -0.4 is 0 Å². The van der Waals surface area contributed by atoms with Gasteiger partial charge in [0.2, 0.25) is 0 Å². The molecule has 0 aromatic heterocycles. The summed E-state index contributed by atoms with van der Waals surface area (Å²) in [5, 5.41) is 6.89. The highest BCUT2D eigenvalue weighted by atomic mass is 16.3. The minimum Gasteiger partial charge on any atom is -0.483 e. The van der Waals surface area contributed by atoms with Gasteiger partial charge in [0.1, 0.15) is 0 Å². The van der Waals surface area contributed by atoms with Gasteiger partial charge in [-0.1, -0.05) is 23.8 Å². The van der Waals surface area contributed by atoms with Crippen LogP contribution in [0.2, 0.25) is 0 Å². The van der Waals surface area contributed by atoms with E-state index in [1.165, 1.54) is 12.8 Å². The molecule has 2 atom stereocenters. The fraction of sp³-hybridized carbons (Fsp3) is 0.500. The highest BCUT2D eigenvalue weighted by Gasteiger charge is 2.29. The van der Waals surface area contributed by atoms with Gasteiger partial charge < -0.3 is 5.11 Å². The molecule has 2 heteroatoms. The van der Waals surface area contributed by atoms with Crippen LogP contribution in [0.4, 0.5) is 0 Å². The van der Waals surface area contributed by atoms with Crippen LogP contribution in [0.1, 0.15) is 19.8 Å². The molecule has 0 saturated heterocycles. The summed E-state index contributed by atoms with van der Waals surface area (Å²) in [5.41, 5.74) is 1.67. The van der Waals surface area contributed by atoms with Crippen LogP contribution in [-0.4, -0.2) is 11.6 Å². The standard InChI is InChI=1S/C9H12.CH2O2/c1-2-8-5-7-3-4-9(8)6-7;2-1-3/h2-4,7,9H,5-6H2,1H3;1H,(H,2,3). The van der Waals surface area contributed by atoms with Crippen molar-refractivity contribution in [3.63, 3.8) is 0 Å². The Kier molecular flexibility index (Phi) is 3.09. The maximum atomic E-state index is 8.36. The fourth-order valence-corrected chi connectivity index (χ4v) is 1.99. The lowest BCUT2D eigenvalue weighted by Gasteiger charge is -2.05. The number of carboxylic acid groups (broad SMARTS) is 1. The summed E-state index contributed by atoms with van der Waals surface area (Å²) in [6, 6.07) is 0. The molecule has 2 nitrogen and oxygen atoms in total. The number of hydrogen-bond donors (Lipinski definition) is 1. The number of carbonyl (C=O) groups is 1. The van der Waals surface area contributed by atoms with E-state index in [1.807, 2.05) is 0 Å². The summed E-state index contributed by atoms with van der Waals surface area (Å²) in [7, 11) is 0. The van der Waals surface area contributed by atoms with Crippen LogP contribution in [0.3, 0.4) is 0 Å². The first-order valence-electron chi connectivity index (χ1n) is 4.23. The van der Waals surface area contributed by atoms with Gasteiger partial charge in [-0.15, -0.1) is 0 Å². The quantitative estimate of drug-likeness (QED) is 0.442. The maximum absolute atomic E-state index is 8.36. The SMILES string of the molecule is CC=C1CC2C=CC1C2.O=CO. The highest BCUT2D eigenvalue weighted by molar-refractivity contribution is 5.32. The van der Waals surface area contributed by atoms with Gasteiger partial charge in [0.15, 0.2) is 0 Å². The van der Waals surface area contributed by atoms with Crippen molar-refractivity contribution in [2.45, 2.75) is 19.8 Å². The van der Waals surface area contributed by atoms with Crippen molar-refractivity contribution in [3.8, 4) is 0 Å². The number of fused-ring (bicyclic) bond motifs is 2. The number of hydrogen-bond acceptors (Lipinski definition) is 1. The Labute approximate surface area is 72.6 Å². The predicted molar refractivity (Wildman–Crippen MR) is 47.8 cm³/mol. The molecule has 0 amide bonds. The van der Waals surface area contributed by atoms with Gasteiger partial charge in [-0.05, 0) is 31.6 Å². The molecule has 2 bridgehead atoms. The van der Waals surface area contributed by atoms with E-state index in [2.05, 4.69) is 25.2 Å². The van der Waals surface area contributed by atoms with Gasteiger partial charge in [-0.3, -0.25) is 4.79 Å². The van der Waals surface area contributed by atoms with Crippen molar-refractivity contribution in [1.29, 1.82) is 0 Å². The van der Waals surface area contributed by atoms with E-state index < -0.39 is 0 Å². The molecule has 2 unspecified atom stereocenters. The Balaban J connectivity index is 0.000000213. The Morgan fingerprint density at radius 2 is 2.25 bits per heavy atom. The van der Waals surface area contributed by atoms with Gasteiger partial charge in [-0.25, -0.2) is 0 Å². The lowest BCUT2D eigenvalue weighted by Crippen LogP contribution is -1.90. The van der Waals surface area contributed by atoms with E-state index in [1.54, 1.807) is 5.57 Å². The second-order valence-electron chi connectivity index (χ2n) is 3.16. The molecule has 2 aliphatic carbocycles. The van der Waals surface area contributed by atoms with Crippen molar-refractivity contribution in [1.82, 2.24) is 0 Å². The molecule has 2 rings (SSSR count). The molecular formula is C10H14O2. The van der Waals surface area contributed by atoms with Gasteiger partial charge in [-0.2, -0.15) is 0 Å². The molecule has 0 heterocycles. The first kappa shape index (κ1) is 9.04. The summed E-state index contributed by atoms with van der Waals surface area (Å²) in [6.07, 6.45) is 9.77. The summed E-state index contributed by atoms with van der Waals surface area (Å²) in [4.78, 5) is 8.36. The van der Waals surface area contributed by atoms with Crippen molar-refractivity contribution in [2.75, 3.05) is 0 Å². The molecule has 1 saturated carbocycles. The molecule has 2 aliphatic rings. The summed E-state index contributed by atoms with van der Waals surface area (Å²) in [6.45, 7) is 1.91. The zero-order valence-electron chi connectivity index (χ0n) is 7.23. The first-order valence-corrected chi connectivity index (χ1v) is 4.23. The first-order chi connectivity index (χ1) is 5.81. The summed E-state index contributed by atoms with van der Waals surface area (Å²) < 4.78 is 0. The maximum Gasteiger partial charge on any atom is 0.290 e. The van der Waals surface area contributed by atoms with E-state index in [0.29, 0.717) is 0 Å². The largest absolute Gasteiger partial charge is 0.483 e. The lowest BCUT2D eigenvalue weighted by molar-refractivity contribution is -0.122. The zero-order valence-corrected chi connectivity index (χ0v) is 7.23. The number of rotatable bonds is 0. The van der Waals surface area contributed by atoms with Crippen molar-refractivity contribution in [3.05, 3.63) is 23.8 Å². The number of allylic oxidation sites excluding steroid dienone is 4. The summed E-state index contributed by atoms with van der Waals surface area (Å²) >= 11 is 0. The van der Waals surface area contributed by atoms with Crippen LogP contribution in [0.25, 0.3) is 0 Å². The molecule has 66 valence electrons. The highest BCUT2D eigenvalue weighted by Crippen LogP contribution is 2.42. The summed E-state index contributed by atoms with van der Waals surface area (Å²) in [5.74, 6) is 1.74. The minimum absolute atomic E-state index is 0.250. The van der Waals surface area contributed by atoms with Crippen molar-refractivity contribution >= 4 is 6.47 Å². The van der Waals surface area contributed by atoms with Crippen LogP contribution in [0.15, 0.2) is 23.8 Å². The van der Waals surface area contributed by atoms with Crippen molar-refractivity contribution in [2.24, 2.45) is 11.8 Å². The van der Waals surface area contributed by atoms with E-state index >= 15 is 0 Å². The van der Waals surface area contributed by atoms with Gasteiger partial charge in [0.25, 0.3) is 6.47 Å². The molecule has 0 spiro atoms. The third-order valence-electron chi connectivity index (χ3n) is 2.52. The molecule has 12 heavy (non-hydrogen) atoms. The molecule has 1 fully saturated rings. The average Bonchev–Trinajstić information content (AvgIpc) is 2.65. The van der Waals surface area contributed by atoms with Crippen LogP contribution in [-0.2, 0) is 4.79 Å². The fourth-order valence-electron chi connectivity index (χ4n) is 1.99. The smallest absolute Gasteiger partial charge is 0.290 e. The van der Waals surface area contributed by atoms with Gasteiger partial charge in [0.05, 0.1) is 0 Å². The van der Waals surface area contributed by atoms with Gasteiger partial charge >= 0.3 is 0 Å². The second kappa shape index (κ2) is 4.10. The molecule has 0 radical (unpaired) electrons. The van der Waals surface area contributed by atoms with E-state index in [-0.39, 0.29) is 6.47 Å². The van der Waals surface area contributed by atoms with Crippen LogP contribution in [0.5, 0.6) is 0 Å². The molecule has 0 aromatic carbocycles. The Morgan fingerprint density at radius 3 is 2.50 bits per heavy atom. The Bertz CT molecular complexity index is 216. The third-order valence-corrected chi connectivity index (χ3v) is 2.52. The molecular weight excluding hydrogens is 152 g/mol. The normalized spacial score (nSPS) is 33.2. The molecule has 0 aliphatic heterocycles. The van der Waals surface area contributed by atoms with E-state index in [9.17, 15) is 0 Å². The molecule has 0 aromatic rings. The third kappa shape index (κ3) is 1.76. The van der Waals surface area contributed by atoms with Crippen LogP contribution >= 0.6 is 0 Å². The zero-order chi connectivity index (χ0) is 8.97. The second-order valence-corrected chi connectivity index (χ2v) is 3.16. The molecule has 1 N–H and O–H groups in total. The topological polar surface area (TPSA) is 37.3 Å². The van der Waals surface area contributed by atoms with Crippen LogP contribution in [0, 0.1) is 11.8 Å². The average molecular weight is 166 g/mol.